The Bertz CT molecular complexity index is 1280. The standard InChI is InChI=1S/C40H64O6P4/c1-27(2)34-22-20-30(7)24-36(34)41-26-38(9,42-37-25-31(8)21-23-35(37)28(3)4)44-49(43-29(5)6)50-45-39(47,32-16-12-10-13-17-32)40(48,46-50)33-18-14-11-15-19-33/h10-19,27-31,34-37H,20-26,47-48H2,1-9H3. The van der Waals surface area contributed by atoms with Crippen molar-refractivity contribution in [2.24, 2.45) is 35.5 Å². The first-order valence-electron chi connectivity index (χ1n) is 19.0. The zero-order valence-corrected chi connectivity index (χ0v) is 36.0. The van der Waals surface area contributed by atoms with Crippen LogP contribution in [-0.2, 0) is 38.3 Å². The summed E-state index contributed by atoms with van der Waals surface area (Å²) in [6.45, 7) is 20.5. The fourth-order valence-electron chi connectivity index (χ4n) is 8.03. The Labute approximate surface area is 310 Å². The normalized spacial score (nSPS) is 35.4. The second-order valence-electron chi connectivity index (χ2n) is 16.4. The van der Waals surface area contributed by atoms with Crippen molar-refractivity contribution < 1.29 is 27.6 Å². The first-order chi connectivity index (χ1) is 23.6. The van der Waals surface area contributed by atoms with Gasteiger partial charge >= 0.3 is 0 Å². The number of hydrogen-bond donors (Lipinski definition) is 0. The molecule has 10 heteroatoms. The molecule has 12 atom stereocenters. The van der Waals surface area contributed by atoms with Crippen LogP contribution in [0.5, 0.6) is 0 Å². The number of benzene rings is 2. The molecule has 2 saturated carbocycles. The lowest BCUT2D eigenvalue weighted by Gasteiger charge is -2.44. The van der Waals surface area contributed by atoms with E-state index in [1.54, 1.807) is 0 Å². The molecule has 3 aliphatic rings. The van der Waals surface area contributed by atoms with Crippen LogP contribution in [0.1, 0.15) is 112 Å². The molecule has 0 bridgehead atoms. The van der Waals surface area contributed by atoms with E-state index in [1.807, 2.05) is 50.2 Å². The molecule has 1 heterocycles. The van der Waals surface area contributed by atoms with Crippen molar-refractivity contribution in [2.45, 2.75) is 136 Å². The highest BCUT2D eigenvalue weighted by Gasteiger charge is 2.62. The molecule has 1 saturated heterocycles. The smallest absolute Gasteiger partial charge is 0.259 e. The van der Waals surface area contributed by atoms with Gasteiger partial charge in [-0.1, -0.05) is 134 Å². The van der Waals surface area contributed by atoms with E-state index in [9.17, 15) is 0 Å². The minimum absolute atomic E-state index is 0.0582. The third-order valence-electron chi connectivity index (χ3n) is 11.0. The summed E-state index contributed by atoms with van der Waals surface area (Å²) in [5.41, 5.74) is 2.00. The quantitative estimate of drug-likeness (QED) is 0.141. The Morgan fingerprint density at radius 1 is 0.760 bits per heavy atom. The summed E-state index contributed by atoms with van der Waals surface area (Å²) >= 11 is 0. The van der Waals surface area contributed by atoms with E-state index in [1.165, 1.54) is 19.3 Å². The van der Waals surface area contributed by atoms with Crippen molar-refractivity contribution in [1.82, 2.24) is 0 Å². The molecule has 6 nitrogen and oxygen atoms in total. The molecule has 2 aromatic carbocycles. The van der Waals surface area contributed by atoms with Crippen LogP contribution in [0.15, 0.2) is 60.7 Å². The van der Waals surface area contributed by atoms with Crippen molar-refractivity contribution in [1.29, 1.82) is 0 Å². The zero-order valence-electron chi connectivity index (χ0n) is 31.9. The Hall–Kier alpha value is -0.0800. The molecule has 2 aromatic rings. The average molecular weight is 765 g/mol. The van der Waals surface area contributed by atoms with Gasteiger partial charge in [0.15, 0.2) is 5.79 Å². The minimum Gasteiger partial charge on any atom is -0.372 e. The summed E-state index contributed by atoms with van der Waals surface area (Å²) in [7, 11) is 2.57. The second-order valence-corrected chi connectivity index (χ2v) is 21.7. The third-order valence-corrected chi connectivity index (χ3v) is 17.6. The molecule has 0 radical (unpaired) electrons. The highest BCUT2D eigenvalue weighted by molar-refractivity contribution is 8.21. The number of rotatable bonds is 14. The molecule has 12 unspecified atom stereocenters. The van der Waals surface area contributed by atoms with Gasteiger partial charge in [-0.05, 0) is 93.1 Å². The van der Waals surface area contributed by atoms with Crippen LogP contribution >= 0.6 is 34.6 Å². The minimum atomic E-state index is -1.73. The highest BCUT2D eigenvalue weighted by atomic mass is 32.1. The van der Waals surface area contributed by atoms with E-state index < -0.39 is 32.6 Å². The lowest BCUT2D eigenvalue weighted by Crippen LogP contribution is -2.47. The fourth-order valence-corrected chi connectivity index (χ4v) is 15.0. The molecule has 280 valence electrons. The van der Waals surface area contributed by atoms with E-state index in [2.05, 4.69) is 91.2 Å². The summed E-state index contributed by atoms with van der Waals surface area (Å²) in [5.74, 6) is 2.19. The van der Waals surface area contributed by atoms with Crippen LogP contribution in [0.25, 0.3) is 0 Å². The van der Waals surface area contributed by atoms with Crippen LogP contribution in [-0.4, -0.2) is 30.7 Å². The molecular formula is C40H64O6P4. The molecule has 1 aliphatic heterocycles. The van der Waals surface area contributed by atoms with E-state index in [0.29, 0.717) is 42.1 Å². The van der Waals surface area contributed by atoms with E-state index >= 15 is 0 Å². The summed E-state index contributed by atoms with van der Waals surface area (Å²) in [4.78, 5) is 0. The predicted octanol–water partition coefficient (Wildman–Crippen LogP) is 12.1. The van der Waals surface area contributed by atoms with E-state index in [0.717, 1.165) is 30.4 Å². The fraction of sp³-hybridized carbons (Fsp3) is 0.700. The van der Waals surface area contributed by atoms with Crippen LogP contribution in [0, 0.1) is 35.5 Å². The summed E-state index contributed by atoms with van der Waals surface area (Å²) < 4.78 is 42.4. The van der Waals surface area contributed by atoms with Crippen molar-refractivity contribution >= 4 is 34.6 Å². The summed E-state index contributed by atoms with van der Waals surface area (Å²) in [6, 6.07) is 20.6. The predicted molar refractivity (Wildman–Crippen MR) is 215 cm³/mol. The van der Waals surface area contributed by atoms with Crippen molar-refractivity contribution in [3.8, 4) is 0 Å². The monoisotopic (exact) mass is 764 g/mol. The molecule has 2 aliphatic carbocycles. The van der Waals surface area contributed by atoms with Gasteiger partial charge in [0.2, 0.25) is 0 Å². The Balaban J connectivity index is 1.50. The maximum atomic E-state index is 7.26. The first-order valence-corrected chi connectivity index (χ1v) is 23.2. The van der Waals surface area contributed by atoms with Gasteiger partial charge < -0.3 is 23.0 Å². The van der Waals surface area contributed by atoms with Crippen LogP contribution in [0.3, 0.4) is 0 Å². The summed E-state index contributed by atoms with van der Waals surface area (Å²) in [6.07, 6.45) is 7.01. The van der Waals surface area contributed by atoms with Gasteiger partial charge in [-0.15, -0.1) is 0 Å². The van der Waals surface area contributed by atoms with Crippen LogP contribution < -0.4 is 0 Å². The zero-order chi connectivity index (χ0) is 36.3. The molecule has 0 aromatic heterocycles. The average Bonchev–Trinajstić information content (AvgIpc) is 3.36. The number of ether oxygens (including phenoxy) is 2. The van der Waals surface area contributed by atoms with Gasteiger partial charge in [0.05, 0.1) is 18.3 Å². The second kappa shape index (κ2) is 17.6. The molecule has 3 fully saturated rings. The van der Waals surface area contributed by atoms with Gasteiger partial charge in [0, 0.05) is 0 Å². The first kappa shape index (κ1) is 41.1. The Morgan fingerprint density at radius 3 is 1.68 bits per heavy atom. The third kappa shape index (κ3) is 9.58. The molecule has 0 amide bonds. The SMILES string of the molecule is CC1CCC(C(C)C)C(OCC(C)(OC2CC(C)CCC2C(C)C)OP(OC(C)C)P2OC(P)(c3ccccc3)C(P)(c3ccccc3)O2)C1. The molecule has 50 heavy (non-hydrogen) atoms. The molecule has 5 rings (SSSR count). The van der Waals surface area contributed by atoms with Gasteiger partial charge in [-0.2, -0.15) is 0 Å². The van der Waals surface area contributed by atoms with Crippen molar-refractivity contribution in [3.05, 3.63) is 71.8 Å². The highest BCUT2D eigenvalue weighted by Crippen LogP contribution is 2.84. The van der Waals surface area contributed by atoms with Crippen LogP contribution in [0.2, 0.25) is 0 Å². The Kier molecular flexibility index (Phi) is 14.5. The lowest BCUT2D eigenvalue weighted by molar-refractivity contribution is -0.255. The summed E-state index contributed by atoms with van der Waals surface area (Å²) in [5, 5.41) is -1.82. The Morgan fingerprint density at radius 2 is 1.22 bits per heavy atom. The van der Waals surface area contributed by atoms with Gasteiger partial charge in [0.25, 0.3) is 16.1 Å². The number of hydrogen-bond acceptors (Lipinski definition) is 6. The molecular weight excluding hydrogens is 700 g/mol. The topological polar surface area (TPSA) is 55.4 Å². The van der Waals surface area contributed by atoms with Gasteiger partial charge in [-0.25, -0.2) is 0 Å². The van der Waals surface area contributed by atoms with Crippen LogP contribution in [0.4, 0.5) is 0 Å². The maximum absolute atomic E-state index is 7.26. The lowest BCUT2D eigenvalue weighted by atomic mass is 9.75. The van der Waals surface area contributed by atoms with E-state index in [4.69, 9.17) is 27.6 Å². The van der Waals surface area contributed by atoms with E-state index in [-0.39, 0.29) is 18.3 Å². The molecule has 0 N–H and O–H groups in total. The van der Waals surface area contributed by atoms with Crippen molar-refractivity contribution in [3.63, 3.8) is 0 Å². The van der Waals surface area contributed by atoms with Gasteiger partial charge in [-0.3, -0.25) is 4.52 Å². The van der Waals surface area contributed by atoms with Crippen molar-refractivity contribution in [2.75, 3.05) is 6.61 Å². The van der Waals surface area contributed by atoms with Gasteiger partial charge in [0.1, 0.15) is 17.3 Å². The molecule has 0 spiro atoms. The largest absolute Gasteiger partial charge is 0.372 e. The maximum Gasteiger partial charge on any atom is 0.259 e.